The summed E-state index contributed by atoms with van der Waals surface area (Å²) in [4.78, 5) is 22.8. The monoisotopic (exact) mass is 560 g/mol. The van der Waals surface area contributed by atoms with E-state index in [0.717, 1.165) is 76.7 Å². The number of anilines is 1. The highest BCUT2D eigenvalue weighted by Gasteiger charge is 2.24. The number of hydrogen-bond acceptors (Lipinski definition) is 4. The van der Waals surface area contributed by atoms with Crippen molar-refractivity contribution in [3.05, 3.63) is 29.6 Å². The van der Waals surface area contributed by atoms with Crippen LogP contribution in [0.5, 0.6) is 0 Å². The minimum absolute atomic E-state index is 0. The summed E-state index contributed by atoms with van der Waals surface area (Å²) >= 11 is 0. The summed E-state index contributed by atoms with van der Waals surface area (Å²) in [6.07, 6.45) is 2.43. The summed E-state index contributed by atoms with van der Waals surface area (Å²) in [6.45, 7) is 11.7. The van der Waals surface area contributed by atoms with Gasteiger partial charge in [0.15, 0.2) is 5.96 Å². The molecule has 2 aliphatic heterocycles. The topological polar surface area (TPSA) is 77.2 Å². The smallest absolute Gasteiger partial charge is 0.217 e. The first-order valence-electron chi connectivity index (χ1n) is 11.6. The maximum Gasteiger partial charge on any atom is 0.217 e. The number of aliphatic imine (C=N–C) groups is 1. The molecule has 2 fully saturated rings. The highest BCUT2D eigenvalue weighted by Crippen LogP contribution is 2.23. The number of piperidine rings is 1. The second-order valence-electron chi connectivity index (χ2n) is 8.50. The Hall–Kier alpha value is -1.62. The summed E-state index contributed by atoms with van der Waals surface area (Å²) in [6, 6.07) is 5.48. The van der Waals surface area contributed by atoms with Gasteiger partial charge in [-0.25, -0.2) is 9.38 Å². The summed E-state index contributed by atoms with van der Waals surface area (Å²) in [5.74, 6) is 0.652. The van der Waals surface area contributed by atoms with E-state index in [1.54, 1.807) is 6.07 Å². The normalized spacial score (nSPS) is 20.1. The van der Waals surface area contributed by atoms with E-state index in [-0.39, 0.29) is 41.6 Å². The van der Waals surface area contributed by atoms with E-state index in [9.17, 15) is 9.18 Å². The number of nitrogens with zero attached hydrogens (tertiary/aromatic N) is 4. The van der Waals surface area contributed by atoms with E-state index < -0.39 is 0 Å². The van der Waals surface area contributed by atoms with Crippen LogP contribution in [-0.4, -0.2) is 74.0 Å². The molecule has 1 amide bonds. The third kappa shape index (κ3) is 7.47. The molecule has 0 saturated carbocycles. The highest BCUT2D eigenvalue weighted by atomic mass is 127. The standard InChI is InChI=1S/C23H37FN6O.HI/c1-3-26-23(30-9-5-6-19(17-30)15-22(25)31)27-16-18-7-8-21(20(24)14-18)29-12-10-28(4-2)11-13-29;/h7-8,14,19H,3-6,9-13,15-17H2,1-2H3,(H2,25,31)(H,26,27);1H. The molecule has 9 heteroatoms. The molecule has 2 saturated heterocycles. The molecule has 0 radical (unpaired) electrons. The SMILES string of the molecule is CCNC(=NCc1ccc(N2CCN(CC)CC2)c(F)c1)N1CCCC(CC(N)=O)C1.I. The van der Waals surface area contributed by atoms with Crippen molar-refractivity contribution < 1.29 is 9.18 Å². The molecule has 0 aliphatic carbocycles. The summed E-state index contributed by atoms with van der Waals surface area (Å²) in [7, 11) is 0. The third-order valence-corrected chi connectivity index (χ3v) is 6.23. The van der Waals surface area contributed by atoms with Crippen LogP contribution >= 0.6 is 24.0 Å². The molecule has 3 rings (SSSR count). The predicted molar refractivity (Wildman–Crippen MR) is 139 cm³/mol. The second kappa shape index (κ2) is 13.2. The first kappa shape index (κ1) is 26.6. The van der Waals surface area contributed by atoms with Crippen molar-refractivity contribution in [2.45, 2.75) is 39.7 Å². The number of likely N-dealkylation sites (N-methyl/N-ethyl adjacent to an activating group) is 1. The van der Waals surface area contributed by atoms with Gasteiger partial charge in [-0.05, 0) is 49.9 Å². The Morgan fingerprint density at radius 1 is 1.22 bits per heavy atom. The molecule has 1 aromatic rings. The lowest BCUT2D eigenvalue weighted by molar-refractivity contribution is -0.119. The maximum atomic E-state index is 14.8. The van der Waals surface area contributed by atoms with Crippen LogP contribution < -0.4 is 16.0 Å². The minimum atomic E-state index is -0.250. The van der Waals surface area contributed by atoms with Crippen molar-refractivity contribution in [3.63, 3.8) is 0 Å². The van der Waals surface area contributed by atoms with Gasteiger partial charge in [-0.1, -0.05) is 13.0 Å². The third-order valence-electron chi connectivity index (χ3n) is 6.23. The minimum Gasteiger partial charge on any atom is -0.370 e. The lowest BCUT2D eigenvalue weighted by Gasteiger charge is -2.35. The molecule has 0 spiro atoms. The molecule has 2 heterocycles. The first-order chi connectivity index (χ1) is 15.0. The van der Waals surface area contributed by atoms with Crippen LogP contribution in [0, 0.1) is 11.7 Å². The van der Waals surface area contributed by atoms with E-state index in [0.29, 0.717) is 18.7 Å². The van der Waals surface area contributed by atoms with Crippen molar-refractivity contribution in [3.8, 4) is 0 Å². The van der Waals surface area contributed by atoms with Gasteiger partial charge in [0.25, 0.3) is 0 Å². The number of likely N-dealkylation sites (tertiary alicyclic amines) is 1. The van der Waals surface area contributed by atoms with E-state index in [4.69, 9.17) is 10.7 Å². The zero-order chi connectivity index (χ0) is 22.2. The number of guanidine groups is 1. The van der Waals surface area contributed by atoms with Crippen LogP contribution in [0.3, 0.4) is 0 Å². The number of piperazine rings is 1. The molecule has 180 valence electrons. The number of rotatable bonds is 7. The predicted octanol–water partition coefficient (Wildman–Crippen LogP) is 2.64. The summed E-state index contributed by atoms with van der Waals surface area (Å²) in [5, 5.41) is 3.34. The number of nitrogens with one attached hydrogen (secondary N) is 1. The average molecular weight is 561 g/mol. The quantitative estimate of drug-likeness (QED) is 0.305. The Balaban J connectivity index is 0.00000363. The van der Waals surface area contributed by atoms with E-state index in [1.807, 2.05) is 19.1 Å². The van der Waals surface area contributed by atoms with Crippen molar-refractivity contribution >= 4 is 41.5 Å². The van der Waals surface area contributed by atoms with Crippen LogP contribution in [0.1, 0.15) is 38.7 Å². The molecule has 0 aromatic heterocycles. The fourth-order valence-corrected chi connectivity index (χ4v) is 4.51. The molecular formula is C23H38FIN6O. The Kier molecular flexibility index (Phi) is 11.0. The largest absolute Gasteiger partial charge is 0.370 e. The number of nitrogens with two attached hydrogens (primary N) is 1. The van der Waals surface area contributed by atoms with Gasteiger partial charge in [0.05, 0.1) is 12.2 Å². The zero-order valence-corrected chi connectivity index (χ0v) is 21.7. The Morgan fingerprint density at radius 2 is 1.97 bits per heavy atom. The van der Waals surface area contributed by atoms with Gasteiger partial charge in [0.2, 0.25) is 5.91 Å². The molecule has 7 nitrogen and oxygen atoms in total. The molecular weight excluding hydrogens is 522 g/mol. The lowest BCUT2D eigenvalue weighted by atomic mass is 9.95. The molecule has 0 bridgehead atoms. The number of primary amides is 1. The van der Waals surface area contributed by atoms with Gasteiger partial charge in [-0.15, -0.1) is 24.0 Å². The molecule has 1 aromatic carbocycles. The van der Waals surface area contributed by atoms with E-state index >= 15 is 0 Å². The average Bonchev–Trinajstić information content (AvgIpc) is 2.76. The second-order valence-corrected chi connectivity index (χ2v) is 8.50. The van der Waals surface area contributed by atoms with Crippen molar-refractivity contribution in [2.75, 3.05) is 57.3 Å². The Morgan fingerprint density at radius 3 is 2.59 bits per heavy atom. The highest BCUT2D eigenvalue weighted by molar-refractivity contribution is 14.0. The number of hydrogen-bond donors (Lipinski definition) is 2. The number of benzene rings is 1. The van der Waals surface area contributed by atoms with Gasteiger partial charge in [-0.2, -0.15) is 0 Å². The fraction of sp³-hybridized carbons (Fsp3) is 0.652. The lowest BCUT2D eigenvalue weighted by Crippen LogP contribution is -2.47. The molecule has 1 atom stereocenters. The van der Waals surface area contributed by atoms with Crippen LogP contribution in [0.4, 0.5) is 10.1 Å². The van der Waals surface area contributed by atoms with Crippen LogP contribution in [0.2, 0.25) is 0 Å². The van der Waals surface area contributed by atoms with Gasteiger partial charge in [-0.3, -0.25) is 4.79 Å². The number of halogens is 2. The number of carbonyl (C=O) groups is 1. The summed E-state index contributed by atoms with van der Waals surface area (Å²) in [5.41, 5.74) is 6.92. The Bertz CT molecular complexity index is 769. The zero-order valence-electron chi connectivity index (χ0n) is 19.4. The summed E-state index contributed by atoms with van der Waals surface area (Å²) < 4.78 is 14.8. The van der Waals surface area contributed by atoms with E-state index in [2.05, 4.69) is 26.9 Å². The number of carbonyl (C=O) groups excluding carboxylic acids is 1. The molecule has 32 heavy (non-hydrogen) atoms. The van der Waals surface area contributed by atoms with Gasteiger partial charge in [0.1, 0.15) is 5.82 Å². The van der Waals surface area contributed by atoms with Crippen LogP contribution in [0.15, 0.2) is 23.2 Å². The van der Waals surface area contributed by atoms with Crippen LogP contribution in [0.25, 0.3) is 0 Å². The Labute approximate surface area is 208 Å². The van der Waals surface area contributed by atoms with Crippen molar-refractivity contribution in [1.29, 1.82) is 0 Å². The van der Waals surface area contributed by atoms with Crippen molar-refractivity contribution in [1.82, 2.24) is 15.1 Å². The van der Waals surface area contributed by atoms with Gasteiger partial charge < -0.3 is 25.8 Å². The molecule has 3 N–H and O–H groups in total. The molecule has 2 aliphatic rings. The molecule has 1 unspecified atom stereocenters. The first-order valence-corrected chi connectivity index (χ1v) is 11.6. The van der Waals surface area contributed by atoms with Gasteiger partial charge in [0, 0.05) is 52.2 Å². The maximum absolute atomic E-state index is 14.8. The van der Waals surface area contributed by atoms with E-state index in [1.165, 1.54) is 0 Å². The van der Waals surface area contributed by atoms with Crippen molar-refractivity contribution in [2.24, 2.45) is 16.6 Å². The fourth-order valence-electron chi connectivity index (χ4n) is 4.51. The van der Waals surface area contributed by atoms with Gasteiger partial charge >= 0.3 is 0 Å². The number of amides is 1. The van der Waals surface area contributed by atoms with Crippen LogP contribution in [-0.2, 0) is 11.3 Å².